The van der Waals surface area contributed by atoms with Crippen molar-refractivity contribution in [1.29, 1.82) is 0 Å². The number of anilines is 1. The highest BCUT2D eigenvalue weighted by molar-refractivity contribution is 7.09. The van der Waals surface area contributed by atoms with E-state index in [1.165, 1.54) is 0 Å². The first kappa shape index (κ1) is 11.1. The van der Waals surface area contributed by atoms with Crippen molar-refractivity contribution >= 4 is 28.3 Å². The summed E-state index contributed by atoms with van der Waals surface area (Å²) in [5, 5.41) is 3.01. The molecule has 3 rings (SSSR count). The van der Waals surface area contributed by atoms with Crippen LogP contribution in [0.25, 0.3) is 11.2 Å². The van der Waals surface area contributed by atoms with Crippen molar-refractivity contribution in [3.63, 3.8) is 0 Å². The largest absolute Gasteiger partial charge is 0.361 e. The molecule has 0 spiro atoms. The van der Waals surface area contributed by atoms with Gasteiger partial charge < -0.3 is 9.47 Å². The second-order valence-corrected chi connectivity index (χ2v) is 5.04. The summed E-state index contributed by atoms with van der Waals surface area (Å²) >= 11 is 1.63. The summed E-state index contributed by atoms with van der Waals surface area (Å²) < 4.78 is 1.99. The predicted octanol–water partition coefficient (Wildman–Crippen LogP) is 1.40. The number of thiazole rings is 1. The van der Waals surface area contributed by atoms with Crippen LogP contribution in [0.1, 0.15) is 5.01 Å². The van der Waals surface area contributed by atoms with E-state index in [0.29, 0.717) is 6.54 Å². The van der Waals surface area contributed by atoms with Crippen molar-refractivity contribution in [2.24, 2.45) is 0 Å². The number of rotatable bonds is 3. The van der Waals surface area contributed by atoms with Gasteiger partial charge in [-0.15, -0.1) is 11.3 Å². The van der Waals surface area contributed by atoms with Crippen LogP contribution >= 0.6 is 11.3 Å². The molecule has 0 N–H and O–H groups in total. The average Bonchev–Trinajstić information content (AvgIpc) is 2.99. The maximum absolute atomic E-state index is 4.39. The normalized spacial score (nSPS) is 11.0. The van der Waals surface area contributed by atoms with Crippen LogP contribution in [0.3, 0.4) is 0 Å². The SMILES string of the molecule is CN(C)c1ncnc2c1ncn2Cc1nccs1. The maximum atomic E-state index is 4.39. The molecule has 0 unspecified atom stereocenters. The van der Waals surface area contributed by atoms with Crippen LogP contribution in [0.2, 0.25) is 0 Å². The van der Waals surface area contributed by atoms with Crippen molar-refractivity contribution in [2.45, 2.75) is 6.54 Å². The van der Waals surface area contributed by atoms with Gasteiger partial charge in [0.2, 0.25) is 0 Å². The third-order valence-electron chi connectivity index (χ3n) is 2.59. The molecule has 3 aromatic heterocycles. The first-order chi connectivity index (χ1) is 8.75. The lowest BCUT2D eigenvalue weighted by atomic mass is 10.4. The third kappa shape index (κ3) is 1.82. The Balaban J connectivity index is 2.07. The van der Waals surface area contributed by atoms with Gasteiger partial charge in [-0.3, -0.25) is 0 Å². The Morgan fingerprint density at radius 1 is 1.22 bits per heavy atom. The Morgan fingerprint density at radius 2 is 2.11 bits per heavy atom. The van der Waals surface area contributed by atoms with Gasteiger partial charge in [0, 0.05) is 25.7 Å². The van der Waals surface area contributed by atoms with Crippen LogP contribution in [-0.2, 0) is 6.54 Å². The summed E-state index contributed by atoms with van der Waals surface area (Å²) in [4.78, 5) is 19.1. The topological polar surface area (TPSA) is 59.7 Å². The van der Waals surface area contributed by atoms with E-state index in [4.69, 9.17) is 0 Å². The fourth-order valence-electron chi connectivity index (χ4n) is 1.79. The van der Waals surface area contributed by atoms with Crippen LogP contribution in [0.4, 0.5) is 5.82 Å². The van der Waals surface area contributed by atoms with Gasteiger partial charge in [0.15, 0.2) is 17.0 Å². The highest BCUT2D eigenvalue weighted by atomic mass is 32.1. The van der Waals surface area contributed by atoms with Crippen molar-refractivity contribution in [1.82, 2.24) is 24.5 Å². The molecule has 0 radical (unpaired) electrons. The third-order valence-corrected chi connectivity index (χ3v) is 3.36. The molecule has 18 heavy (non-hydrogen) atoms. The number of hydrogen-bond donors (Lipinski definition) is 0. The minimum atomic E-state index is 0.693. The Bertz CT molecular complexity index is 657. The molecule has 3 aromatic rings. The lowest BCUT2D eigenvalue weighted by Gasteiger charge is -2.10. The fourth-order valence-corrected chi connectivity index (χ4v) is 2.40. The maximum Gasteiger partial charge on any atom is 0.165 e. The number of imidazole rings is 1. The molecule has 92 valence electrons. The Morgan fingerprint density at radius 3 is 2.83 bits per heavy atom. The van der Waals surface area contributed by atoms with E-state index in [9.17, 15) is 0 Å². The predicted molar refractivity (Wildman–Crippen MR) is 70.9 cm³/mol. The fraction of sp³-hybridized carbons (Fsp3) is 0.273. The summed E-state index contributed by atoms with van der Waals surface area (Å²) in [6, 6.07) is 0. The molecular weight excluding hydrogens is 248 g/mol. The quantitative estimate of drug-likeness (QED) is 0.712. The molecule has 3 heterocycles. The van der Waals surface area contributed by atoms with Crippen LogP contribution in [0.5, 0.6) is 0 Å². The second-order valence-electron chi connectivity index (χ2n) is 4.06. The molecule has 0 aliphatic carbocycles. The monoisotopic (exact) mass is 260 g/mol. The first-order valence-electron chi connectivity index (χ1n) is 5.47. The van der Waals surface area contributed by atoms with Gasteiger partial charge >= 0.3 is 0 Å². The van der Waals surface area contributed by atoms with Crippen LogP contribution in [-0.4, -0.2) is 38.6 Å². The second kappa shape index (κ2) is 4.34. The van der Waals surface area contributed by atoms with Crippen molar-refractivity contribution in [2.75, 3.05) is 19.0 Å². The van der Waals surface area contributed by atoms with Crippen LogP contribution in [0.15, 0.2) is 24.2 Å². The Hall–Kier alpha value is -2.02. The molecule has 0 atom stereocenters. The highest BCUT2D eigenvalue weighted by Gasteiger charge is 2.11. The average molecular weight is 260 g/mol. The van der Waals surface area contributed by atoms with Crippen LogP contribution in [0, 0.1) is 0 Å². The summed E-state index contributed by atoms with van der Waals surface area (Å²) in [6.45, 7) is 0.693. The molecular formula is C11H12N6S. The number of aromatic nitrogens is 5. The summed E-state index contributed by atoms with van der Waals surface area (Å²) in [5.41, 5.74) is 1.66. The lowest BCUT2D eigenvalue weighted by Crippen LogP contribution is -2.11. The standard InChI is InChI=1S/C11H12N6S/c1-16(2)10-9-11(14-6-13-10)17(7-15-9)5-8-12-3-4-18-8/h3-4,6-7H,5H2,1-2H3. The van der Waals surface area contributed by atoms with E-state index in [2.05, 4.69) is 19.9 Å². The Kier molecular flexibility index (Phi) is 2.67. The van der Waals surface area contributed by atoms with Gasteiger partial charge in [0.05, 0.1) is 12.9 Å². The van der Waals surface area contributed by atoms with E-state index in [0.717, 1.165) is 22.0 Å². The minimum Gasteiger partial charge on any atom is -0.361 e. The number of fused-ring (bicyclic) bond motifs is 1. The zero-order valence-electron chi connectivity index (χ0n) is 10.1. The summed E-state index contributed by atoms with van der Waals surface area (Å²) in [6.07, 6.45) is 5.16. The number of nitrogens with zero attached hydrogens (tertiary/aromatic N) is 6. The first-order valence-corrected chi connectivity index (χ1v) is 6.35. The summed E-state index contributed by atoms with van der Waals surface area (Å²) in [7, 11) is 3.89. The molecule has 0 amide bonds. The van der Waals surface area contributed by atoms with Crippen LogP contribution < -0.4 is 4.90 Å². The van der Waals surface area contributed by atoms with Gasteiger partial charge in [0.1, 0.15) is 11.3 Å². The zero-order valence-corrected chi connectivity index (χ0v) is 10.9. The minimum absolute atomic E-state index is 0.693. The van der Waals surface area contributed by atoms with Crippen molar-refractivity contribution in [3.8, 4) is 0 Å². The van der Waals surface area contributed by atoms with Gasteiger partial charge in [-0.05, 0) is 0 Å². The summed E-state index contributed by atoms with van der Waals surface area (Å²) in [5.74, 6) is 0.831. The van der Waals surface area contributed by atoms with Gasteiger partial charge in [-0.1, -0.05) is 0 Å². The van der Waals surface area contributed by atoms with E-state index < -0.39 is 0 Å². The van der Waals surface area contributed by atoms with Gasteiger partial charge in [0.25, 0.3) is 0 Å². The molecule has 7 heteroatoms. The van der Waals surface area contributed by atoms with Gasteiger partial charge in [-0.25, -0.2) is 19.9 Å². The van der Waals surface area contributed by atoms with Crippen molar-refractivity contribution in [3.05, 3.63) is 29.2 Å². The van der Waals surface area contributed by atoms with E-state index in [-0.39, 0.29) is 0 Å². The molecule has 0 aliphatic rings. The smallest absolute Gasteiger partial charge is 0.165 e. The van der Waals surface area contributed by atoms with Crippen molar-refractivity contribution < 1.29 is 0 Å². The zero-order chi connectivity index (χ0) is 12.5. The lowest BCUT2D eigenvalue weighted by molar-refractivity contribution is 0.805. The molecule has 0 aromatic carbocycles. The Labute approximate surface area is 108 Å². The molecule has 0 fully saturated rings. The molecule has 6 nitrogen and oxygen atoms in total. The van der Waals surface area contributed by atoms with E-state index in [1.54, 1.807) is 30.2 Å². The highest BCUT2D eigenvalue weighted by Crippen LogP contribution is 2.20. The van der Waals surface area contributed by atoms with Gasteiger partial charge in [-0.2, -0.15) is 0 Å². The van der Waals surface area contributed by atoms with E-state index >= 15 is 0 Å². The molecule has 0 bridgehead atoms. The van der Waals surface area contributed by atoms with E-state index in [1.807, 2.05) is 28.9 Å². The molecule has 0 aliphatic heterocycles. The molecule has 0 saturated heterocycles. The molecule has 0 saturated carbocycles. The number of hydrogen-bond acceptors (Lipinski definition) is 6.